The first kappa shape index (κ1) is 14.4. The molecule has 0 radical (unpaired) electrons. The molecule has 0 aliphatic heterocycles. The Balaban J connectivity index is 1.88. The highest BCUT2D eigenvalue weighted by molar-refractivity contribution is 9.10. The second kappa shape index (κ2) is 6.46. The van der Waals surface area contributed by atoms with E-state index < -0.39 is 0 Å². The summed E-state index contributed by atoms with van der Waals surface area (Å²) in [7, 11) is 0. The highest BCUT2D eigenvalue weighted by atomic mass is 79.9. The first-order valence-corrected chi connectivity index (χ1v) is 7.07. The van der Waals surface area contributed by atoms with Crippen LogP contribution in [0.4, 0.5) is 0 Å². The van der Waals surface area contributed by atoms with Gasteiger partial charge in [-0.15, -0.1) is 0 Å². The van der Waals surface area contributed by atoms with E-state index in [1.807, 2.05) is 12.1 Å². The molecule has 0 unspecified atom stereocenters. The van der Waals surface area contributed by atoms with Gasteiger partial charge < -0.3 is 9.73 Å². The van der Waals surface area contributed by atoms with Gasteiger partial charge in [-0.1, -0.05) is 23.2 Å². The van der Waals surface area contributed by atoms with Gasteiger partial charge in [0.1, 0.15) is 6.26 Å². The lowest BCUT2D eigenvalue weighted by atomic mass is 10.1. The highest BCUT2D eigenvalue weighted by Gasteiger charge is 2.08. The summed E-state index contributed by atoms with van der Waals surface area (Å²) in [6.45, 7) is 0.498. The number of amides is 1. The monoisotopic (exact) mass is 361 g/mol. The van der Waals surface area contributed by atoms with E-state index in [0.717, 1.165) is 5.56 Å². The van der Waals surface area contributed by atoms with Crippen molar-refractivity contribution >= 4 is 45.0 Å². The van der Waals surface area contributed by atoms with Crippen LogP contribution >= 0.6 is 39.1 Å². The Kier molecular flexibility index (Phi) is 4.91. The molecule has 100 valence electrons. The summed E-state index contributed by atoms with van der Waals surface area (Å²) in [6, 6.07) is 6.95. The number of carbonyl (C=O) groups excluding carboxylic acids is 1. The Labute approximate surface area is 129 Å². The molecule has 0 saturated heterocycles. The number of hydrogen-bond acceptors (Lipinski definition) is 2. The fourth-order valence-electron chi connectivity index (χ4n) is 1.61. The third-order valence-corrected chi connectivity index (χ3v) is 3.30. The van der Waals surface area contributed by atoms with Crippen molar-refractivity contribution < 1.29 is 9.21 Å². The number of halogens is 3. The van der Waals surface area contributed by atoms with Crippen molar-refractivity contribution in [3.63, 3.8) is 0 Å². The minimum absolute atomic E-state index is 0.178. The molecule has 0 atom stereocenters. The van der Waals surface area contributed by atoms with Gasteiger partial charge in [0.25, 0.3) is 5.91 Å². The van der Waals surface area contributed by atoms with Gasteiger partial charge in [0, 0.05) is 22.7 Å². The molecule has 0 aliphatic rings. The molecule has 1 aromatic heterocycles. The summed E-state index contributed by atoms with van der Waals surface area (Å²) in [5, 5.41) is 3.97. The Morgan fingerprint density at radius 2 is 1.89 bits per heavy atom. The fourth-order valence-corrected chi connectivity index (χ4v) is 2.52. The molecule has 1 amide bonds. The lowest BCUT2D eigenvalue weighted by Gasteiger charge is -2.05. The summed E-state index contributed by atoms with van der Waals surface area (Å²) in [5.41, 5.74) is 1.46. The normalized spacial score (nSPS) is 10.5. The van der Waals surface area contributed by atoms with E-state index in [1.54, 1.807) is 12.1 Å². The lowest BCUT2D eigenvalue weighted by molar-refractivity contribution is 0.0953. The highest BCUT2D eigenvalue weighted by Crippen LogP contribution is 2.19. The molecule has 1 heterocycles. The van der Waals surface area contributed by atoms with Crippen molar-refractivity contribution in [2.45, 2.75) is 6.42 Å². The average molecular weight is 363 g/mol. The number of benzene rings is 1. The minimum atomic E-state index is -0.178. The standard InChI is InChI=1S/C13H10BrCl2NO2/c14-12-5-9(7-19-12)13(18)17-2-1-8-3-10(15)6-11(16)4-8/h3-7H,1-2H2,(H,17,18). The number of nitrogens with one attached hydrogen (secondary N) is 1. The SMILES string of the molecule is O=C(NCCc1cc(Cl)cc(Cl)c1)c1coc(Br)c1. The molecule has 1 aromatic carbocycles. The maximum Gasteiger partial charge on any atom is 0.254 e. The van der Waals surface area contributed by atoms with Crippen LogP contribution in [0.25, 0.3) is 0 Å². The van der Waals surface area contributed by atoms with Gasteiger partial charge in [-0.2, -0.15) is 0 Å². The second-order valence-corrected chi connectivity index (χ2v) is 5.58. The molecule has 2 rings (SSSR count). The van der Waals surface area contributed by atoms with Gasteiger partial charge in [0.05, 0.1) is 5.56 Å². The predicted molar refractivity (Wildman–Crippen MR) is 78.9 cm³/mol. The number of furan rings is 1. The van der Waals surface area contributed by atoms with Crippen LogP contribution in [0.3, 0.4) is 0 Å². The molecule has 1 N–H and O–H groups in total. The Morgan fingerprint density at radius 3 is 2.47 bits per heavy atom. The smallest absolute Gasteiger partial charge is 0.254 e. The largest absolute Gasteiger partial charge is 0.457 e. The number of rotatable bonds is 4. The zero-order valence-corrected chi connectivity index (χ0v) is 12.8. The van der Waals surface area contributed by atoms with Crippen LogP contribution in [-0.4, -0.2) is 12.5 Å². The van der Waals surface area contributed by atoms with Crippen LogP contribution in [-0.2, 0) is 6.42 Å². The van der Waals surface area contributed by atoms with Gasteiger partial charge in [-0.3, -0.25) is 4.79 Å². The van der Waals surface area contributed by atoms with E-state index in [1.165, 1.54) is 6.26 Å². The first-order valence-electron chi connectivity index (χ1n) is 5.52. The molecule has 2 aromatic rings. The maximum atomic E-state index is 11.7. The summed E-state index contributed by atoms with van der Waals surface area (Å²) < 4.78 is 5.53. The second-order valence-electron chi connectivity index (χ2n) is 3.92. The van der Waals surface area contributed by atoms with E-state index in [2.05, 4.69) is 21.2 Å². The van der Waals surface area contributed by atoms with Gasteiger partial charge in [0.2, 0.25) is 0 Å². The third-order valence-electron chi connectivity index (χ3n) is 2.45. The van der Waals surface area contributed by atoms with Crippen LogP contribution in [0.5, 0.6) is 0 Å². The Hall–Kier alpha value is -0.970. The minimum Gasteiger partial charge on any atom is -0.457 e. The molecule has 0 bridgehead atoms. The van der Waals surface area contributed by atoms with Crippen molar-refractivity contribution in [2.24, 2.45) is 0 Å². The molecule has 6 heteroatoms. The summed E-state index contributed by atoms with van der Waals surface area (Å²) in [5.74, 6) is -0.178. The maximum absolute atomic E-state index is 11.7. The third kappa shape index (κ3) is 4.27. The van der Waals surface area contributed by atoms with Crippen LogP contribution in [0.2, 0.25) is 10.0 Å². The quantitative estimate of drug-likeness (QED) is 0.879. The molecule has 0 aliphatic carbocycles. The molecular weight excluding hydrogens is 353 g/mol. The Bertz CT molecular complexity index is 578. The van der Waals surface area contributed by atoms with Crippen molar-refractivity contribution in [3.05, 3.63) is 56.4 Å². The van der Waals surface area contributed by atoms with E-state index in [9.17, 15) is 4.79 Å². The molecule has 0 spiro atoms. The van der Waals surface area contributed by atoms with Gasteiger partial charge in [0.15, 0.2) is 4.67 Å². The average Bonchev–Trinajstić information content (AvgIpc) is 2.74. The summed E-state index contributed by atoms with van der Waals surface area (Å²) >= 11 is 14.9. The van der Waals surface area contributed by atoms with E-state index in [-0.39, 0.29) is 5.91 Å². The Morgan fingerprint density at radius 1 is 1.21 bits per heavy atom. The lowest BCUT2D eigenvalue weighted by Crippen LogP contribution is -2.25. The van der Waals surface area contributed by atoms with Crippen molar-refractivity contribution in [3.8, 4) is 0 Å². The van der Waals surface area contributed by atoms with Gasteiger partial charge in [-0.25, -0.2) is 0 Å². The summed E-state index contributed by atoms with van der Waals surface area (Å²) in [4.78, 5) is 11.7. The number of hydrogen-bond donors (Lipinski definition) is 1. The van der Waals surface area contributed by atoms with Crippen molar-refractivity contribution in [1.29, 1.82) is 0 Å². The van der Waals surface area contributed by atoms with Crippen molar-refractivity contribution in [2.75, 3.05) is 6.54 Å². The van der Waals surface area contributed by atoms with Gasteiger partial charge in [-0.05, 0) is 46.1 Å². The van der Waals surface area contributed by atoms with Crippen LogP contribution in [0.1, 0.15) is 15.9 Å². The molecule has 19 heavy (non-hydrogen) atoms. The zero-order chi connectivity index (χ0) is 13.8. The van der Waals surface area contributed by atoms with Crippen LogP contribution in [0.15, 0.2) is 39.6 Å². The molecular formula is C13H10BrCl2NO2. The first-order chi connectivity index (χ1) is 9.04. The van der Waals surface area contributed by atoms with Crippen molar-refractivity contribution in [1.82, 2.24) is 5.32 Å². The predicted octanol–water partition coefficient (Wildman–Crippen LogP) is 4.32. The fraction of sp³-hybridized carbons (Fsp3) is 0.154. The van der Waals surface area contributed by atoms with E-state index >= 15 is 0 Å². The summed E-state index contributed by atoms with van der Waals surface area (Å²) in [6.07, 6.45) is 2.06. The van der Waals surface area contributed by atoms with Gasteiger partial charge >= 0.3 is 0 Å². The molecule has 0 saturated carbocycles. The zero-order valence-electron chi connectivity index (χ0n) is 9.75. The topological polar surface area (TPSA) is 42.2 Å². The van der Waals surface area contributed by atoms with Crippen LogP contribution < -0.4 is 5.32 Å². The van der Waals surface area contributed by atoms with Crippen LogP contribution in [0, 0.1) is 0 Å². The number of carbonyl (C=O) groups is 1. The molecule has 3 nitrogen and oxygen atoms in total. The van der Waals surface area contributed by atoms with E-state index in [4.69, 9.17) is 27.6 Å². The molecule has 0 fully saturated rings. The van der Waals surface area contributed by atoms with E-state index in [0.29, 0.717) is 33.2 Å².